The largest absolute Gasteiger partial charge is 0.387 e. The van der Waals surface area contributed by atoms with E-state index in [2.05, 4.69) is 5.32 Å². The first-order chi connectivity index (χ1) is 9.06. The molecule has 0 heterocycles. The summed E-state index contributed by atoms with van der Waals surface area (Å²) in [5, 5.41) is 13.8. The van der Waals surface area contributed by atoms with Crippen molar-refractivity contribution in [3.63, 3.8) is 0 Å². The molecule has 0 fully saturated rings. The van der Waals surface area contributed by atoms with E-state index >= 15 is 0 Å². The maximum absolute atomic E-state index is 13.5. The average Bonchev–Trinajstić information content (AvgIpc) is 2.40. The Balaban J connectivity index is 2.02. The lowest BCUT2D eigenvalue weighted by Crippen LogP contribution is -2.12. The molecule has 0 spiro atoms. The molecule has 0 radical (unpaired) electrons. The summed E-state index contributed by atoms with van der Waals surface area (Å²) in [7, 11) is 0. The maximum Gasteiger partial charge on any atom is 0.146 e. The van der Waals surface area contributed by atoms with Gasteiger partial charge in [0.05, 0.1) is 11.8 Å². The molecule has 2 nitrogen and oxygen atoms in total. The van der Waals surface area contributed by atoms with Gasteiger partial charge in [0.1, 0.15) is 5.82 Å². The van der Waals surface area contributed by atoms with Gasteiger partial charge < -0.3 is 10.4 Å². The molecule has 2 N–H and O–H groups in total. The SMILES string of the molecule is OC(CNc1cc(Cl)ccc1F)c1ccc(Cl)cc1. The highest BCUT2D eigenvalue weighted by Crippen LogP contribution is 2.21. The van der Waals surface area contributed by atoms with Crippen molar-refractivity contribution in [1.82, 2.24) is 0 Å². The molecule has 0 saturated heterocycles. The predicted octanol–water partition coefficient (Wildman–Crippen LogP) is 4.28. The molecular formula is C14H12Cl2FNO. The van der Waals surface area contributed by atoms with Gasteiger partial charge in [-0.2, -0.15) is 0 Å². The van der Waals surface area contributed by atoms with Crippen molar-refractivity contribution in [3.8, 4) is 0 Å². The lowest BCUT2D eigenvalue weighted by Gasteiger charge is -2.14. The molecule has 0 aliphatic heterocycles. The molecule has 100 valence electrons. The maximum atomic E-state index is 13.5. The van der Waals surface area contributed by atoms with E-state index in [9.17, 15) is 9.50 Å². The summed E-state index contributed by atoms with van der Waals surface area (Å²) in [6.07, 6.45) is -0.754. The molecule has 0 aliphatic carbocycles. The van der Waals surface area contributed by atoms with E-state index < -0.39 is 11.9 Å². The van der Waals surface area contributed by atoms with E-state index in [1.54, 1.807) is 24.3 Å². The fourth-order valence-electron chi connectivity index (χ4n) is 1.64. The highest BCUT2D eigenvalue weighted by molar-refractivity contribution is 6.31. The zero-order chi connectivity index (χ0) is 13.8. The van der Waals surface area contributed by atoms with Crippen LogP contribution < -0.4 is 5.32 Å². The van der Waals surface area contributed by atoms with Gasteiger partial charge in [-0.1, -0.05) is 35.3 Å². The Morgan fingerprint density at radius 3 is 2.37 bits per heavy atom. The standard InChI is InChI=1S/C14H12Cl2FNO/c15-10-3-1-9(2-4-10)14(19)8-18-13-7-11(16)5-6-12(13)17/h1-7,14,18-19H,8H2. The van der Waals surface area contributed by atoms with Crippen LogP contribution in [0, 0.1) is 5.82 Å². The van der Waals surface area contributed by atoms with Gasteiger partial charge in [-0.15, -0.1) is 0 Å². The van der Waals surface area contributed by atoms with Crippen LogP contribution in [0.3, 0.4) is 0 Å². The third-order valence-corrected chi connectivity index (χ3v) is 3.16. The van der Waals surface area contributed by atoms with E-state index in [0.717, 1.165) is 0 Å². The molecule has 0 amide bonds. The highest BCUT2D eigenvalue weighted by Gasteiger charge is 2.09. The number of hydrogen-bond donors (Lipinski definition) is 2. The van der Waals surface area contributed by atoms with Crippen molar-refractivity contribution in [1.29, 1.82) is 0 Å². The van der Waals surface area contributed by atoms with Crippen LogP contribution in [-0.2, 0) is 0 Å². The first-order valence-corrected chi connectivity index (χ1v) is 6.44. The third-order valence-electron chi connectivity index (χ3n) is 2.67. The molecule has 2 rings (SSSR count). The summed E-state index contributed by atoms with van der Waals surface area (Å²) in [6, 6.07) is 11.1. The fraction of sp³-hybridized carbons (Fsp3) is 0.143. The number of aliphatic hydroxyl groups excluding tert-OH is 1. The number of aliphatic hydroxyl groups is 1. The lowest BCUT2D eigenvalue weighted by molar-refractivity contribution is 0.191. The van der Waals surface area contributed by atoms with Gasteiger partial charge in [-0.3, -0.25) is 0 Å². The lowest BCUT2D eigenvalue weighted by atomic mass is 10.1. The van der Waals surface area contributed by atoms with Crippen molar-refractivity contribution in [2.75, 3.05) is 11.9 Å². The molecule has 1 atom stereocenters. The number of nitrogens with one attached hydrogen (secondary N) is 1. The van der Waals surface area contributed by atoms with E-state index in [1.165, 1.54) is 18.2 Å². The summed E-state index contributed by atoms with van der Waals surface area (Å²) in [4.78, 5) is 0. The van der Waals surface area contributed by atoms with Crippen LogP contribution in [0.5, 0.6) is 0 Å². The first kappa shape index (κ1) is 14.1. The Labute approximate surface area is 120 Å². The van der Waals surface area contributed by atoms with Crippen molar-refractivity contribution >= 4 is 28.9 Å². The van der Waals surface area contributed by atoms with Crippen molar-refractivity contribution < 1.29 is 9.50 Å². The summed E-state index contributed by atoms with van der Waals surface area (Å²) in [6.45, 7) is 0.179. The molecule has 0 saturated carbocycles. The zero-order valence-electron chi connectivity index (χ0n) is 9.91. The Morgan fingerprint density at radius 1 is 1.05 bits per heavy atom. The van der Waals surface area contributed by atoms with Crippen molar-refractivity contribution in [2.45, 2.75) is 6.10 Å². The van der Waals surface area contributed by atoms with E-state index in [0.29, 0.717) is 15.6 Å². The second-order valence-electron chi connectivity index (χ2n) is 4.07. The topological polar surface area (TPSA) is 32.3 Å². The Bertz CT molecular complexity index is 560. The first-order valence-electron chi connectivity index (χ1n) is 5.69. The minimum Gasteiger partial charge on any atom is -0.387 e. The van der Waals surface area contributed by atoms with Gasteiger partial charge in [-0.05, 0) is 35.9 Å². The van der Waals surface area contributed by atoms with Crippen molar-refractivity contribution in [3.05, 3.63) is 63.9 Å². The fourth-order valence-corrected chi connectivity index (χ4v) is 1.94. The van der Waals surface area contributed by atoms with E-state index in [4.69, 9.17) is 23.2 Å². The van der Waals surface area contributed by atoms with Crippen LogP contribution in [0.1, 0.15) is 11.7 Å². The van der Waals surface area contributed by atoms with E-state index in [1.807, 2.05) is 0 Å². The Hall–Kier alpha value is -1.29. The van der Waals surface area contributed by atoms with E-state index in [-0.39, 0.29) is 12.2 Å². The molecule has 19 heavy (non-hydrogen) atoms. The molecule has 2 aromatic rings. The van der Waals surface area contributed by atoms with Crippen LogP contribution >= 0.6 is 23.2 Å². The van der Waals surface area contributed by atoms with Crippen molar-refractivity contribution in [2.24, 2.45) is 0 Å². The Morgan fingerprint density at radius 2 is 1.68 bits per heavy atom. The number of anilines is 1. The molecule has 0 bridgehead atoms. The quantitative estimate of drug-likeness (QED) is 0.883. The molecular weight excluding hydrogens is 288 g/mol. The average molecular weight is 300 g/mol. The summed E-state index contributed by atoms with van der Waals surface area (Å²) < 4.78 is 13.5. The smallest absolute Gasteiger partial charge is 0.146 e. The number of halogens is 3. The Kier molecular flexibility index (Phi) is 4.64. The summed E-state index contributed by atoms with van der Waals surface area (Å²) in [5.74, 6) is -0.410. The van der Waals surface area contributed by atoms with Crippen LogP contribution in [0.2, 0.25) is 10.0 Å². The number of hydrogen-bond acceptors (Lipinski definition) is 2. The van der Waals surface area contributed by atoms with Gasteiger partial charge in [0, 0.05) is 16.6 Å². The van der Waals surface area contributed by atoms with Gasteiger partial charge in [0.2, 0.25) is 0 Å². The predicted molar refractivity (Wildman–Crippen MR) is 76.3 cm³/mol. The van der Waals surface area contributed by atoms with Gasteiger partial charge in [-0.25, -0.2) is 4.39 Å². The second kappa shape index (κ2) is 6.24. The zero-order valence-corrected chi connectivity index (χ0v) is 11.4. The summed E-state index contributed by atoms with van der Waals surface area (Å²) >= 11 is 11.5. The van der Waals surface area contributed by atoms with Gasteiger partial charge in [0.25, 0.3) is 0 Å². The normalized spacial score (nSPS) is 12.2. The number of rotatable bonds is 4. The molecule has 1 unspecified atom stereocenters. The molecule has 2 aromatic carbocycles. The van der Waals surface area contributed by atoms with Crippen LogP contribution in [0.25, 0.3) is 0 Å². The molecule has 5 heteroatoms. The molecule has 0 aromatic heterocycles. The second-order valence-corrected chi connectivity index (χ2v) is 4.95. The summed E-state index contributed by atoms with van der Waals surface area (Å²) in [5.41, 5.74) is 0.972. The third kappa shape index (κ3) is 3.83. The van der Waals surface area contributed by atoms with Crippen LogP contribution in [0.15, 0.2) is 42.5 Å². The van der Waals surface area contributed by atoms with Crippen LogP contribution in [-0.4, -0.2) is 11.7 Å². The van der Waals surface area contributed by atoms with Gasteiger partial charge >= 0.3 is 0 Å². The van der Waals surface area contributed by atoms with Crippen LogP contribution in [0.4, 0.5) is 10.1 Å². The number of benzene rings is 2. The monoisotopic (exact) mass is 299 g/mol. The highest BCUT2D eigenvalue weighted by atomic mass is 35.5. The minimum absolute atomic E-state index is 0.179. The van der Waals surface area contributed by atoms with Gasteiger partial charge in [0.15, 0.2) is 0 Å². The molecule has 0 aliphatic rings. The minimum atomic E-state index is -0.754.